The van der Waals surface area contributed by atoms with Gasteiger partial charge in [-0.3, -0.25) is 4.79 Å². The normalized spacial score (nSPS) is 14.2. The largest absolute Gasteiger partial charge is 0.478 e. The fourth-order valence-electron chi connectivity index (χ4n) is 3.97. The number of para-hydroxylation sites is 1. The molecule has 26 heavy (non-hydrogen) atoms. The topological polar surface area (TPSA) is 98.5 Å². The Balaban J connectivity index is 1.92. The zero-order valence-electron chi connectivity index (χ0n) is 14.3. The van der Waals surface area contributed by atoms with Crippen molar-refractivity contribution in [2.75, 3.05) is 0 Å². The molecular weight excluding hydrogens is 332 g/mol. The van der Waals surface area contributed by atoms with E-state index in [1.54, 1.807) is 24.3 Å². The maximum absolute atomic E-state index is 11.8. The van der Waals surface area contributed by atoms with Gasteiger partial charge in [-0.1, -0.05) is 18.6 Å². The van der Waals surface area contributed by atoms with Crippen molar-refractivity contribution in [1.29, 1.82) is 0 Å². The van der Waals surface area contributed by atoms with Gasteiger partial charge in [-0.15, -0.1) is 0 Å². The van der Waals surface area contributed by atoms with Crippen LogP contribution in [0.5, 0.6) is 0 Å². The molecule has 2 aromatic heterocycles. The predicted octanol–water partition coefficient (Wildman–Crippen LogP) is 3.35. The quantitative estimate of drug-likeness (QED) is 0.704. The Morgan fingerprint density at radius 3 is 2.65 bits per heavy atom. The summed E-state index contributed by atoms with van der Waals surface area (Å²) in [5.41, 5.74) is 8.69. The third-order valence-corrected chi connectivity index (χ3v) is 5.09. The van der Waals surface area contributed by atoms with Gasteiger partial charge in [0.2, 0.25) is 0 Å². The number of hydrogen-bond acceptors (Lipinski definition) is 3. The van der Waals surface area contributed by atoms with Crippen molar-refractivity contribution >= 4 is 22.8 Å². The Kier molecular flexibility index (Phi) is 4.03. The first-order valence-corrected chi connectivity index (χ1v) is 8.81. The molecule has 6 heteroatoms. The summed E-state index contributed by atoms with van der Waals surface area (Å²) in [6.45, 7) is 0.378. The summed E-state index contributed by atoms with van der Waals surface area (Å²) in [6, 6.07) is 8.72. The van der Waals surface area contributed by atoms with Crippen molar-refractivity contribution in [2.45, 2.75) is 38.6 Å². The van der Waals surface area contributed by atoms with Crippen molar-refractivity contribution in [3.63, 3.8) is 0 Å². The molecule has 3 N–H and O–H groups in total. The molecule has 2 heterocycles. The van der Waals surface area contributed by atoms with Gasteiger partial charge in [0.25, 0.3) is 5.91 Å². The van der Waals surface area contributed by atoms with Crippen LogP contribution in [0.25, 0.3) is 10.9 Å². The van der Waals surface area contributed by atoms with E-state index >= 15 is 0 Å². The molecule has 1 amide bonds. The molecule has 3 aromatic rings. The summed E-state index contributed by atoms with van der Waals surface area (Å²) < 4.78 is 7.59. The summed E-state index contributed by atoms with van der Waals surface area (Å²) in [7, 11) is 0. The lowest BCUT2D eigenvalue weighted by atomic mass is 10.0. The van der Waals surface area contributed by atoms with E-state index in [0.29, 0.717) is 12.3 Å². The molecule has 1 aliphatic rings. The van der Waals surface area contributed by atoms with Crippen LogP contribution in [0.3, 0.4) is 0 Å². The molecule has 4 rings (SSSR count). The van der Waals surface area contributed by atoms with Crippen LogP contribution in [0.2, 0.25) is 0 Å². The molecule has 0 fully saturated rings. The number of benzene rings is 1. The number of carboxylic acids is 1. The highest BCUT2D eigenvalue weighted by molar-refractivity contribution is 6.04. The smallest absolute Gasteiger partial charge is 0.337 e. The van der Waals surface area contributed by atoms with Gasteiger partial charge >= 0.3 is 5.97 Å². The lowest BCUT2D eigenvalue weighted by molar-refractivity contribution is 0.0698. The number of rotatable bonds is 4. The number of furan rings is 1. The van der Waals surface area contributed by atoms with Crippen LogP contribution in [-0.2, 0) is 19.4 Å². The Hall–Kier alpha value is -3.02. The van der Waals surface area contributed by atoms with Crippen molar-refractivity contribution in [2.24, 2.45) is 5.73 Å². The van der Waals surface area contributed by atoms with Crippen LogP contribution in [0, 0.1) is 0 Å². The number of fused-ring (bicyclic) bond motifs is 3. The maximum atomic E-state index is 11.8. The van der Waals surface area contributed by atoms with Crippen molar-refractivity contribution in [3.05, 3.63) is 58.7 Å². The Morgan fingerprint density at radius 1 is 1.12 bits per heavy atom. The Morgan fingerprint density at radius 2 is 1.92 bits per heavy atom. The van der Waals surface area contributed by atoms with Gasteiger partial charge in [-0.25, -0.2) is 4.79 Å². The molecule has 1 aromatic carbocycles. The second-order valence-electron chi connectivity index (χ2n) is 6.71. The number of carbonyl (C=O) groups excluding carboxylic acids is 1. The summed E-state index contributed by atoms with van der Waals surface area (Å²) in [6.07, 6.45) is 5.22. The lowest BCUT2D eigenvalue weighted by Gasteiger charge is -2.11. The first-order valence-electron chi connectivity index (χ1n) is 8.81. The molecule has 0 unspecified atom stereocenters. The number of carboxylic acid groups (broad SMARTS) is 1. The van der Waals surface area contributed by atoms with Crippen molar-refractivity contribution in [1.82, 2.24) is 4.57 Å². The summed E-state index contributed by atoms with van der Waals surface area (Å²) >= 11 is 0. The minimum atomic E-state index is -0.943. The second-order valence-corrected chi connectivity index (χ2v) is 6.71. The first-order chi connectivity index (χ1) is 12.6. The van der Waals surface area contributed by atoms with E-state index in [0.717, 1.165) is 36.6 Å². The zero-order valence-corrected chi connectivity index (χ0v) is 14.3. The number of aromatic carboxylic acids is 1. The molecule has 0 spiro atoms. The number of aryl methyl sites for hydroxylation is 1. The van der Waals surface area contributed by atoms with Crippen LogP contribution in [0.1, 0.15) is 57.2 Å². The summed E-state index contributed by atoms with van der Waals surface area (Å²) in [5.74, 6) is -0.857. The molecule has 134 valence electrons. The van der Waals surface area contributed by atoms with Gasteiger partial charge in [0.1, 0.15) is 5.76 Å². The number of nitrogens with two attached hydrogens (primary N) is 1. The Bertz CT molecular complexity index is 1010. The highest BCUT2D eigenvalue weighted by atomic mass is 16.4. The van der Waals surface area contributed by atoms with E-state index in [1.165, 1.54) is 17.7 Å². The number of amides is 1. The predicted molar refractivity (Wildman–Crippen MR) is 96.5 cm³/mol. The average molecular weight is 352 g/mol. The molecule has 1 aliphatic carbocycles. The highest BCUT2D eigenvalue weighted by Gasteiger charge is 2.23. The standard InChI is InChI=1S/C20H20N2O4/c21-19(23)17-10-9-12(26-17)11-22-16-8-3-1-2-5-13(16)14-6-4-7-15(18(14)22)20(24)25/h4,6-7,9-10H,1-3,5,8,11H2,(H2,21,23)(H,24,25). The molecule has 0 atom stereocenters. The summed E-state index contributed by atoms with van der Waals surface area (Å²) in [5, 5.41) is 10.7. The number of primary amides is 1. The highest BCUT2D eigenvalue weighted by Crippen LogP contribution is 2.34. The number of nitrogens with zero attached hydrogens (tertiary/aromatic N) is 1. The molecule has 0 aliphatic heterocycles. The van der Waals surface area contributed by atoms with Gasteiger partial charge in [0.05, 0.1) is 17.6 Å². The van der Waals surface area contributed by atoms with Gasteiger partial charge in [-0.05, 0) is 49.4 Å². The van der Waals surface area contributed by atoms with Crippen molar-refractivity contribution < 1.29 is 19.1 Å². The molecule has 6 nitrogen and oxygen atoms in total. The van der Waals surface area contributed by atoms with Gasteiger partial charge in [-0.2, -0.15) is 0 Å². The van der Waals surface area contributed by atoms with E-state index in [1.807, 2.05) is 10.6 Å². The zero-order chi connectivity index (χ0) is 18.3. The van der Waals surface area contributed by atoms with Crippen molar-refractivity contribution in [3.8, 4) is 0 Å². The average Bonchev–Trinajstić information content (AvgIpc) is 3.10. The molecule has 0 radical (unpaired) electrons. The van der Waals surface area contributed by atoms with E-state index < -0.39 is 11.9 Å². The Labute approximate surface area is 150 Å². The number of aromatic nitrogens is 1. The van der Waals surface area contributed by atoms with Gasteiger partial charge < -0.3 is 19.8 Å². The van der Waals surface area contributed by atoms with Crippen LogP contribution >= 0.6 is 0 Å². The third kappa shape index (κ3) is 2.67. The maximum Gasteiger partial charge on any atom is 0.337 e. The second kappa shape index (κ2) is 6.37. The van der Waals surface area contributed by atoms with E-state index in [-0.39, 0.29) is 11.3 Å². The fourth-order valence-corrected chi connectivity index (χ4v) is 3.97. The van der Waals surface area contributed by atoms with E-state index in [9.17, 15) is 14.7 Å². The monoisotopic (exact) mass is 352 g/mol. The van der Waals surface area contributed by atoms with Crippen LogP contribution < -0.4 is 5.73 Å². The fraction of sp³-hybridized carbons (Fsp3) is 0.300. The molecule has 0 saturated carbocycles. The van der Waals surface area contributed by atoms with Gasteiger partial charge in [0.15, 0.2) is 5.76 Å². The molecule has 0 bridgehead atoms. The molecule has 0 saturated heterocycles. The minimum Gasteiger partial charge on any atom is -0.478 e. The number of hydrogen-bond donors (Lipinski definition) is 2. The van der Waals surface area contributed by atoms with Crippen LogP contribution in [-0.4, -0.2) is 21.6 Å². The minimum absolute atomic E-state index is 0.112. The van der Waals surface area contributed by atoms with Crippen LogP contribution in [0.15, 0.2) is 34.7 Å². The first kappa shape index (κ1) is 16.4. The lowest BCUT2D eigenvalue weighted by Crippen LogP contribution is -2.10. The summed E-state index contributed by atoms with van der Waals surface area (Å²) in [4.78, 5) is 23.1. The number of carbonyl (C=O) groups is 2. The SMILES string of the molecule is NC(=O)c1ccc(Cn2c3c(c4cccc(C(=O)O)c42)CCCCC3)o1. The third-order valence-electron chi connectivity index (χ3n) is 5.09. The van der Waals surface area contributed by atoms with E-state index in [2.05, 4.69) is 0 Å². The van der Waals surface area contributed by atoms with E-state index in [4.69, 9.17) is 10.2 Å². The van der Waals surface area contributed by atoms with Crippen LogP contribution in [0.4, 0.5) is 0 Å². The van der Waals surface area contributed by atoms with Gasteiger partial charge in [0, 0.05) is 11.1 Å². The molecular formula is C20H20N2O4.